The molecular formula is C12H14N4O4. The Hall–Kier alpha value is -2.48. The molecule has 1 aromatic carbocycles. The molecule has 0 saturated carbocycles. The van der Waals surface area contributed by atoms with Gasteiger partial charge in [-0.25, -0.2) is 0 Å². The molecule has 0 amide bonds. The maximum absolute atomic E-state index is 10.6. The van der Waals surface area contributed by atoms with Gasteiger partial charge >= 0.3 is 0 Å². The highest BCUT2D eigenvalue weighted by atomic mass is 16.6. The van der Waals surface area contributed by atoms with Crippen LogP contribution in [0.2, 0.25) is 0 Å². The molecule has 2 aromatic rings. The minimum absolute atomic E-state index is 0.0181. The minimum atomic E-state index is -0.701. The molecule has 1 aromatic heterocycles. The van der Waals surface area contributed by atoms with Gasteiger partial charge in [-0.15, -0.1) is 0 Å². The van der Waals surface area contributed by atoms with E-state index in [4.69, 9.17) is 15.0 Å². The van der Waals surface area contributed by atoms with Crippen molar-refractivity contribution in [2.75, 3.05) is 0 Å². The van der Waals surface area contributed by atoms with Gasteiger partial charge in [0.15, 0.2) is 12.4 Å². The molecule has 0 aliphatic carbocycles. The number of non-ortho nitro benzene ring substituents is 1. The first kappa shape index (κ1) is 13.9. The number of ether oxygens (including phenoxy) is 1. The normalized spacial score (nSPS) is 11.3. The van der Waals surface area contributed by atoms with E-state index in [1.54, 1.807) is 19.9 Å². The summed E-state index contributed by atoms with van der Waals surface area (Å²) in [7, 11) is 0. The summed E-state index contributed by atoms with van der Waals surface area (Å²) in [4.78, 5) is 14.2. The lowest BCUT2D eigenvalue weighted by Crippen LogP contribution is -2.30. The number of benzene rings is 1. The third-order valence-corrected chi connectivity index (χ3v) is 2.44. The van der Waals surface area contributed by atoms with Gasteiger partial charge in [-0.1, -0.05) is 11.2 Å². The molecule has 2 N–H and O–H groups in total. The molecule has 0 radical (unpaired) electrons. The second kappa shape index (κ2) is 5.25. The average molecular weight is 278 g/mol. The van der Waals surface area contributed by atoms with Crippen LogP contribution in [-0.2, 0) is 12.1 Å². The number of nitro benzene ring substituents is 1. The van der Waals surface area contributed by atoms with Gasteiger partial charge in [0.25, 0.3) is 11.6 Å². The van der Waals surface area contributed by atoms with Crippen LogP contribution >= 0.6 is 0 Å². The van der Waals surface area contributed by atoms with Crippen molar-refractivity contribution in [1.82, 2.24) is 10.1 Å². The zero-order valence-electron chi connectivity index (χ0n) is 11.1. The fourth-order valence-corrected chi connectivity index (χ4v) is 1.41. The zero-order valence-corrected chi connectivity index (χ0v) is 11.1. The summed E-state index contributed by atoms with van der Waals surface area (Å²) in [5.74, 6) is 0.978. The number of rotatable bonds is 5. The van der Waals surface area contributed by atoms with Crippen LogP contribution in [0.1, 0.15) is 25.6 Å². The van der Waals surface area contributed by atoms with E-state index in [0.29, 0.717) is 11.6 Å². The van der Waals surface area contributed by atoms with Gasteiger partial charge in [0.05, 0.1) is 16.5 Å². The number of nitrogens with zero attached hydrogens (tertiary/aromatic N) is 3. The molecule has 2 rings (SSSR count). The van der Waals surface area contributed by atoms with Crippen molar-refractivity contribution in [3.8, 4) is 5.75 Å². The maximum Gasteiger partial charge on any atom is 0.273 e. The SMILES string of the molecule is CC(C)(N)c1noc(COc2cccc([N+](=O)[O-])c2)n1. The van der Waals surface area contributed by atoms with E-state index in [1.165, 1.54) is 18.2 Å². The largest absolute Gasteiger partial charge is 0.484 e. The molecule has 20 heavy (non-hydrogen) atoms. The summed E-state index contributed by atoms with van der Waals surface area (Å²) in [5.41, 5.74) is 5.08. The van der Waals surface area contributed by atoms with E-state index >= 15 is 0 Å². The zero-order chi connectivity index (χ0) is 14.8. The second-order valence-corrected chi connectivity index (χ2v) is 4.78. The van der Waals surface area contributed by atoms with Crippen molar-refractivity contribution in [3.63, 3.8) is 0 Å². The summed E-state index contributed by atoms with van der Waals surface area (Å²) >= 11 is 0. The Morgan fingerprint density at radius 2 is 2.25 bits per heavy atom. The van der Waals surface area contributed by atoms with E-state index in [2.05, 4.69) is 10.1 Å². The van der Waals surface area contributed by atoms with Gasteiger partial charge in [0.2, 0.25) is 0 Å². The fraction of sp³-hybridized carbons (Fsp3) is 0.333. The molecule has 0 unspecified atom stereocenters. The van der Waals surface area contributed by atoms with Gasteiger partial charge < -0.3 is 15.0 Å². The summed E-state index contributed by atoms with van der Waals surface area (Å²) in [6, 6.07) is 5.85. The van der Waals surface area contributed by atoms with Crippen molar-refractivity contribution < 1.29 is 14.2 Å². The van der Waals surface area contributed by atoms with Crippen LogP contribution in [0.15, 0.2) is 28.8 Å². The summed E-state index contributed by atoms with van der Waals surface area (Å²) in [6.45, 7) is 3.52. The van der Waals surface area contributed by atoms with E-state index in [-0.39, 0.29) is 18.2 Å². The fourth-order valence-electron chi connectivity index (χ4n) is 1.41. The van der Waals surface area contributed by atoms with Gasteiger partial charge in [-0.3, -0.25) is 10.1 Å². The van der Waals surface area contributed by atoms with E-state index in [1.807, 2.05) is 0 Å². The Morgan fingerprint density at radius 1 is 1.50 bits per heavy atom. The first-order chi connectivity index (χ1) is 9.36. The van der Waals surface area contributed by atoms with E-state index in [0.717, 1.165) is 0 Å². The number of hydrogen-bond acceptors (Lipinski definition) is 7. The smallest absolute Gasteiger partial charge is 0.273 e. The summed E-state index contributed by atoms with van der Waals surface area (Å²) < 4.78 is 10.4. The third-order valence-electron chi connectivity index (χ3n) is 2.44. The molecule has 1 heterocycles. The highest BCUT2D eigenvalue weighted by Crippen LogP contribution is 2.20. The van der Waals surface area contributed by atoms with Crippen molar-refractivity contribution in [3.05, 3.63) is 46.1 Å². The van der Waals surface area contributed by atoms with Crippen LogP contribution in [0.3, 0.4) is 0 Å². The van der Waals surface area contributed by atoms with Crippen LogP contribution in [0.25, 0.3) is 0 Å². The Kier molecular flexibility index (Phi) is 3.66. The van der Waals surface area contributed by atoms with Gasteiger partial charge in [-0.05, 0) is 19.9 Å². The molecule has 0 saturated heterocycles. The average Bonchev–Trinajstić information content (AvgIpc) is 2.85. The number of nitro groups is 1. The molecule has 8 heteroatoms. The lowest BCUT2D eigenvalue weighted by molar-refractivity contribution is -0.384. The van der Waals surface area contributed by atoms with Gasteiger partial charge in [0, 0.05) is 6.07 Å². The van der Waals surface area contributed by atoms with Crippen molar-refractivity contribution >= 4 is 5.69 Å². The molecular weight excluding hydrogens is 264 g/mol. The van der Waals surface area contributed by atoms with Crippen molar-refractivity contribution in [2.45, 2.75) is 26.0 Å². The Labute approximate surface area is 114 Å². The highest BCUT2D eigenvalue weighted by Gasteiger charge is 2.21. The maximum atomic E-state index is 10.6. The molecule has 0 spiro atoms. The molecule has 0 aliphatic rings. The topological polar surface area (TPSA) is 117 Å². The monoisotopic (exact) mass is 278 g/mol. The van der Waals surface area contributed by atoms with Crippen LogP contribution < -0.4 is 10.5 Å². The minimum Gasteiger partial charge on any atom is -0.484 e. The molecule has 0 bridgehead atoms. The molecule has 106 valence electrons. The van der Waals surface area contributed by atoms with Crippen LogP contribution in [0.4, 0.5) is 5.69 Å². The highest BCUT2D eigenvalue weighted by molar-refractivity contribution is 5.37. The Morgan fingerprint density at radius 3 is 2.85 bits per heavy atom. The first-order valence-corrected chi connectivity index (χ1v) is 5.85. The lowest BCUT2D eigenvalue weighted by atomic mass is 10.1. The number of hydrogen-bond donors (Lipinski definition) is 1. The van der Waals surface area contributed by atoms with Crippen LogP contribution in [0.5, 0.6) is 5.75 Å². The Balaban J connectivity index is 2.04. The quantitative estimate of drug-likeness (QED) is 0.653. The molecule has 0 aliphatic heterocycles. The third kappa shape index (κ3) is 3.29. The summed E-state index contributed by atoms with van der Waals surface area (Å²) in [6.07, 6.45) is 0. The molecule has 0 atom stereocenters. The van der Waals surface area contributed by atoms with Crippen molar-refractivity contribution in [1.29, 1.82) is 0 Å². The predicted molar refractivity (Wildman–Crippen MR) is 68.9 cm³/mol. The molecule has 8 nitrogen and oxygen atoms in total. The second-order valence-electron chi connectivity index (χ2n) is 4.78. The Bertz CT molecular complexity index is 618. The van der Waals surface area contributed by atoms with E-state index < -0.39 is 10.5 Å². The van der Waals surface area contributed by atoms with Gasteiger partial charge in [0.1, 0.15) is 5.75 Å². The predicted octanol–water partition coefficient (Wildman–Crippen LogP) is 1.75. The van der Waals surface area contributed by atoms with Gasteiger partial charge in [-0.2, -0.15) is 4.98 Å². The summed E-state index contributed by atoms with van der Waals surface area (Å²) in [5, 5.41) is 14.4. The standard InChI is InChI=1S/C12H14N4O4/c1-12(2,13)11-14-10(20-15-11)7-19-9-5-3-4-8(6-9)16(17)18/h3-6H,7,13H2,1-2H3. The number of nitrogens with two attached hydrogens (primary N) is 1. The molecule has 0 fully saturated rings. The lowest BCUT2D eigenvalue weighted by Gasteiger charge is -2.11. The van der Waals surface area contributed by atoms with Crippen molar-refractivity contribution in [2.24, 2.45) is 5.73 Å². The number of aromatic nitrogens is 2. The van der Waals surface area contributed by atoms with E-state index in [9.17, 15) is 10.1 Å². The first-order valence-electron chi connectivity index (χ1n) is 5.85. The van der Waals surface area contributed by atoms with Crippen LogP contribution in [-0.4, -0.2) is 15.1 Å². The van der Waals surface area contributed by atoms with Crippen LogP contribution in [0, 0.1) is 10.1 Å².